The Morgan fingerprint density at radius 2 is 0.716 bits per heavy atom. The molecule has 0 aromatic heterocycles. The van der Waals surface area contributed by atoms with Gasteiger partial charge in [-0.3, -0.25) is 0 Å². The minimum Gasteiger partial charge on any atom is -0.309 e. The molecule has 11 aromatic rings. The third-order valence-corrected chi connectivity index (χ3v) is 17.0. The monoisotopic (exact) mass is 945 g/mol. The van der Waals surface area contributed by atoms with Crippen LogP contribution in [0.25, 0.3) is 66.8 Å². The third kappa shape index (κ3) is 6.29. The molecule has 0 aliphatic heterocycles. The predicted octanol–water partition coefficient (Wildman–Crippen LogP) is 19.1. The summed E-state index contributed by atoms with van der Waals surface area (Å²) < 4.78 is 0. The summed E-state index contributed by atoms with van der Waals surface area (Å²) in [6.45, 7) is 9.52. The van der Waals surface area contributed by atoms with Gasteiger partial charge in [-0.15, -0.1) is 0 Å². The van der Waals surface area contributed by atoms with Gasteiger partial charge in [0, 0.05) is 27.6 Å². The van der Waals surface area contributed by atoms with E-state index in [1.54, 1.807) is 0 Å². The van der Waals surface area contributed by atoms with Gasteiger partial charge in [0.05, 0.1) is 16.8 Å². The molecular weight excluding hydrogens is 891 g/mol. The van der Waals surface area contributed by atoms with Gasteiger partial charge < -0.3 is 4.90 Å². The fourth-order valence-corrected chi connectivity index (χ4v) is 13.7. The number of para-hydroxylation sites is 1. The Hall–Kier alpha value is -8.78. The first-order chi connectivity index (χ1) is 36.3. The number of anilines is 3. The average Bonchev–Trinajstić information content (AvgIpc) is 4.09. The van der Waals surface area contributed by atoms with Gasteiger partial charge in [-0.25, -0.2) is 0 Å². The summed E-state index contributed by atoms with van der Waals surface area (Å²) >= 11 is 0. The molecule has 74 heavy (non-hydrogen) atoms. The zero-order valence-electron chi connectivity index (χ0n) is 42.3. The molecule has 0 fully saturated rings. The lowest BCUT2D eigenvalue weighted by atomic mass is 9.68. The second-order valence-electron chi connectivity index (χ2n) is 21.5. The zero-order valence-corrected chi connectivity index (χ0v) is 42.3. The van der Waals surface area contributed by atoms with Crippen molar-refractivity contribution >= 4 is 17.1 Å². The second kappa shape index (κ2) is 16.6. The SMILES string of the molecule is CC1(C)c2ccccc2-c2ccc(-c3ccccc3N(c3ccc(-c4ccccc4-c4cccc5c4C(C)(C)c4ccccc4-5)cc3)c3cccc4c3-c3ccccc3C4(c3ccccc3)c3ccccc3)cc21. The molecule has 3 aliphatic rings. The van der Waals surface area contributed by atoms with E-state index in [4.69, 9.17) is 0 Å². The van der Waals surface area contributed by atoms with Crippen LogP contribution >= 0.6 is 0 Å². The van der Waals surface area contributed by atoms with Crippen molar-refractivity contribution in [2.24, 2.45) is 0 Å². The van der Waals surface area contributed by atoms with Gasteiger partial charge in [0.15, 0.2) is 0 Å². The van der Waals surface area contributed by atoms with E-state index in [1.165, 1.54) is 111 Å². The van der Waals surface area contributed by atoms with Gasteiger partial charge in [-0.2, -0.15) is 0 Å². The van der Waals surface area contributed by atoms with Gasteiger partial charge in [0.2, 0.25) is 0 Å². The van der Waals surface area contributed by atoms with Crippen LogP contribution in [0, 0.1) is 0 Å². The van der Waals surface area contributed by atoms with Crippen LogP contribution in [0.1, 0.15) is 72.2 Å². The number of rotatable bonds is 8. The molecule has 0 atom stereocenters. The Labute approximate surface area is 435 Å². The maximum atomic E-state index is 2.55. The van der Waals surface area contributed by atoms with Crippen LogP contribution in [0.15, 0.2) is 261 Å². The molecular formula is C73H55N. The predicted molar refractivity (Wildman–Crippen MR) is 310 cm³/mol. The molecule has 0 spiro atoms. The van der Waals surface area contributed by atoms with Gasteiger partial charge in [-0.1, -0.05) is 258 Å². The van der Waals surface area contributed by atoms with Crippen LogP contribution in [0.5, 0.6) is 0 Å². The van der Waals surface area contributed by atoms with Gasteiger partial charge in [0.25, 0.3) is 0 Å². The van der Waals surface area contributed by atoms with Crippen molar-refractivity contribution in [3.05, 3.63) is 305 Å². The van der Waals surface area contributed by atoms with Crippen LogP contribution in [-0.4, -0.2) is 0 Å². The van der Waals surface area contributed by atoms with E-state index >= 15 is 0 Å². The quantitative estimate of drug-likeness (QED) is 0.147. The van der Waals surface area contributed by atoms with Crippen molar-refractivity contribution in [1.82, 2.24) is 0 Å². The van der Waals surface area contributed by atoms with E-state index in [-0.39, 0.29) is 10.8 Å². The molecule has 0 radical (unpaired) electrons. The molecule has 14 rings (SSSR count). The summed E-state index contributed by atoms with van der Waals surface area (Å²) in [5.74, 6) is 0. The Bertz CT molecular complexity index is 3970. The van der Waals surface area contributed by atoms with E-state index in [0.29, 0.717) is 0 Å². The fraction of sp³-hybridized carbons (Fsp3) is 0.0959. The highest BCUT2D eigenvalue weighted by Crippen LogP contribution is 2.61. The number of fused-ring (bicyclic) bond motifs is 9. The molecule has 0 N–H and O–H groups in total. The summed E-state index contributed by atoms with van der Waals surface area (Å²) in [6.07, 6.45) is 0. The standard InChI is InChI=1S/C73H55N/c1-71(2)62-35-17-13-30-56(62)58-46-43-49(47-66(58)71)54-28-16-20-39-67(54)74(68-40-22-38-65-69(68)61-32-15-19-37-64(61)73(65,50-23-7-5-8-24-50)51-25-9-6-10-26-51)52-44-41-48(42-45-52)53-27-11-12-29-55(53)59-33-21-34-60-57-31-14-18-36-63(57)72(3,4)70(59)60/h5-47H,1-4H3. The normalized spacial score (nSPS) is 14.5. The maximum Gasteiger partial charge on any atom is 0.0714 e. The van der Waals surface area contributed by atoms with Crippen molar-refractivity contribution < 1.29 is 0 Å². The van der Waals surface area contributed by atoms with E-state index in [2.05, 4.69) is 293 Å². The summed E-state index contributed by atoms with van der Waals surface area (Å²) in [5, 5.41) is 0. The first-order valence-corrected chi connectivity index (χ1v) is 26.2. The number of nitrogens with zero attached hydrogens (tertiary/aromatic N) is 1. The summed E-state index contributed by atoms with van der Waals surface area (Å²) in [7, 11) is 0. The topological polar surface area (TPSA) is 3.24 Å². The third-order valence-electron chi connectivity index (χ3n) is 17.0. The Kier molecular flexibility index (Phi) is 9.88. The van der Waals surface area contributed by atoms with Crippen LogP contribution in [0.4, 0.5) is 17.1 Å². The molecule has 0 amide bonds. The maximum absolute atomic E-state index is 2.55. The Morgan fingerprint density at radius 3 is 1.39 bits per heavy atom. The minimum atomic E-state index is -0.544. The Morgan fingerprint density at radius 1 is 0.270 bits per heavy atom. The molecule has 1 heteroatoms. The lowest BCUT2D eigenvalue weighted by Gasteiger charge is -2.34. The first kappa shape index (κ1) is 44.0. The molecule has 352 valence electrons. The van der Waals surface area contributed by atoms with Gasteiger partial charge in [-0.05, 0) is 130 Å². The Balaban J connectivity index is 0.982. The van der Waals surface area contributed by atoms with Gasteiger partial charge >= 0.3 is 0 Å². The molecule has 0 heterocycles. The second-order valence-corrected chi connectivity index (χ2v) is 21.5. The van der Waals surface area contributed by atoms with Gasteiger partial charge in [0.1, 0.15) is 0 Å². The number of hydrogen-bond acceptors (Lipinski definition) is 1. The lowest BCUT2D eigenvalue weighted by molar-refractivity contribution is 0.660. The summed E-state index contributed by atoms with van der Waals surface area (Å²) in [4.78, 5) is 2.55. The highest BCUT2D eigenvalue weighted by Gasteiger charge is 2.47. The van der Waals surface area contributed by atoms with Crippen LogP contribution in [-0.2, 0) is 16.2 Å². The van der Waals surface area contributed by atoms with Crippen molar-refractivity contribution in [3.8, 4) is 66.8 Å². The minimum absolute atomic E-state index is 0.135. The smallest absolute Gasteiger partial charge is 0.0714 e. The molecule has 1 nitrogen and oxygen atoms in total. The zero-order chi connectivity index (χ0) is 49.8. The van der Waals surface area contributed by atoms with E-state index < -0.39 is 5.41 Å². The molecule has 0 bridgehead atoms. The van der Waals surface area contributed by atoms with Crippen LogP contribution in [0.3, 0.4) is 0 Å². The van der Waals surface area contributed by atoms with E-state index in [9.17, 15) is 0 Å². The van der Waals surface area contributed by atoms with Crippen molar-refractivity contribution in [2.75, 3.05) is 4.90 Å². The first-order valence-electron chi connectivity index (χ1n) is 26.2. The largest absolute Gasteiger partial charge is 0.309 e. The van der Waals surface area contributed by atoms with Crippen LogP contribution in [0.2, 0.25) is 0 Å². The van der Waals surface area contributed by atoms with E-state index in [1.807, 2.05) is 0 Å². The molecule has 3 aliphatic carbocycles. The highest BCUT2D eigenvalue weighted by atomic mass is 15.1. The summed E-state index contributed by atoms with van der Waals surface area (Å²) in [5.41, 5.74) is 28.3. The van der Waals surface area contributed by atoms with E-state index in [0.717, 1.165) is 17.1 Å². The fourth-order valence-electron chi connectivity index (χ4n) is 13.7. The molecule has 11 aromatic carbocycles. The summed E-state index contributed by atoms with van der Waals surface area (Å²) in [6, 6.07) is 97.7. The molecule has 0 saturated heterocycles. The highest BCUT2D eigenvalue weighted by molar-refractivity contribution is 6.01. The average molecular weight is 946 g/mol. The number of hydrogen-bond donors (Lipinski definition) is 0. The lowest BCUT2D eigenvalue weighted by Crippen LogP contribution is -2.28. The molecule has 0 saturated carbocycles. The van der Waals surface area contributed by atoms with Crippen molar-refractivity contribution in [3.63, 3.8) is 0 Å². The van der Waals surface area contributed by atoms with Crippen molar-refractivity contribution in [1.29, 1.82) is 0 Å². The number of benzene rings is 11. The van der Waals surface area contributed by atoms with Crippen LogP contribution < -0.4 is 4.90 Å². The van der Waals surface area contributed by atoms with Crippen molar-refractivity contribution in [2.45, 2.75) is 43.9 Å². The molecule has 0 unspecified atom stereocenters.